The van der Waals surface area contributed by atoms with Gasteiger partial charge in [-0.1, -0.05) is 23.2 Å². The lowest BCUT2D eigenvalue weighted by Gasteiger charge is -2.04. The van der Waals surface area contributed by atoms with Crippen LogP contribution in [0.5, 0.6) is 0 Å². The fraction of sp³-hybridized carbons (Fsp3) is 0. The minimum absolute atomic E-state index is 0.238. The van der Waals surface area contributed by atoms with E-state index in [1.54, 1.807) is 18.3 Å². The molecule has 0 aromatic carbocycles. The minimum atomic E-state index is -0.340. The lowest BCUT2D eigenvalue weighted by Crippen LogP contribution is -2.12. The van der Waals surface area contributed by atoms with Gasteiger partial charge in [-0.15, -0.1) is 0 Å². The number of hydrogen-bond acceptors (Lipinski definition) is 2. The molecule has 2 aromatic heterocycles. The van der Waals surface area contributed by atoms with Crippen LogP contribution in [0.3, 0.4) is 0 Å². The van der Waals surface area contributed by atoms with Gasteiger partial charge in [0.15, 0.2) is 0 Å². The Kier molecular flexibility index (Phi) is 3.71. The van der Waals surface area contributed by atoms with Crippen LogP contribution in [-0.2, 0) is 0 Å². The van der Waals surface area contributed by atoms with Crippen molar-refractivity contribution in [1.82, 2.24) is 9.97 Å². The van der Waals surface area contributed by atoms with Crippen molar-refractivity contribution in [1.29, 1.82) is 0 Å². The zero-order chi connectivity index (χ0) is 12.4. The van der Waals surface area contributed by atoms with Crippen molar-refractivity contribution in [3.8, 4) is 0 Å². The summed E-state index contributed by atoms with van der Waals surface area (Å²) in [6.45, 7) is 0. The zero-order valence-electron chi connectivity index (χ0n) is 8.30. The molecule has 2 heterocycles. The second-order valence-electron chi connectivity index (χ2n) is 3.14. The van der Waals surface area contributed by atoms with Gasteiger partial charge in [-0.3, -0.25) is 4.79 Å². The second-order valence-corrected chi connectivity index (χ2v) is 4.68. The molecule has 0 saturated carbocycles. The molecule has 17 heavy (non-hydrogen) atoms. The van der Waals surface area contributed by atoms with E-state index in [0.717, 1.165) is 0 Å². The molecule has 0 atom stereocenters. The quantitative estimate of drug-likeness (QED) is 0.822. The van der Waals surface area contributed by atoms with Gasteiger partial charge in [0, 0.05) is 6.20 Å². The molecule has 1 amide bonds. The lowest BCUT2D eigenvalue weighted by molar-refractivity contribution is 0.102. The Labute approximate surface area is 115 Å². The summed E-state index contributed by atoms with van der Waals surface area (Å²) in [7, 11) is 0. The number of halogens is 3. The SMILES string of the molecule is O=C(Nc1cccnc1Br)c1cc(Cl)c(Cl)[nH]1. The Morgan fingerprint density at radius 3 is 2.82 bits per heavy atom. The summed E-state index contributed by atoms with van der Waals surface area (Å²) >= 11 is 14.7. The van der Waals surface area contributed by atoms with E-state index < -0.39 is 0 Å². The summed E-state index contributed by atoms with van der Waals surface area (Å²) in [5.41, 5.74) is 0.857. The number of aromatic nitrogens is 2. The number of H-pyrrole nitrogens is 1. The maximum Gasteiger partial charge on any atom is 0.272 e. The number of hydrogen-bond donors (Lipinski definition) is 2. The molecule has 88 valence electrons. The van der Waals surface area contributed by atoms with Gasteiger partial charge in [-0.25, -0.2) is 4.98 Å². The molecule has 0 bridgehead atoms. The number of amides is 1. The summed E-state index contributed by atoms with van der Waals surface area (Å²) in [5, 5.41) is 3.22. The summed E-state index contributed by atoms with van der Waals surface area (Å²) in [4.78, 5) is 18.5. The molecule has 2 N–H and O–H groups in total. The van der Waals surface area contributed by atoms with Gasteiger partial charge >= 0.3 is 0 Å². The van der Waals surface area contributed by atoms with Gasteiger partial charge in [-0.05, 0) is 34.1 Å². The van der Waals surface area contributed by atoms with Gasteiger partial charge in [0.25, 0.3) is 5.91 Å². The standard InChI is InChI=1S/C10H6BrCl2N3O/c11-8-6(2-1-3-14-8)16-10(17)7-4-5(12)9(13)15-7/h1-4,15H,(H,16,17). The predicted octanol–water partition coefficient (Wildman–Crippen LogP) is 3.73. The lowest BCUT2D eigenvalue weighted by atomic mass is 10.3. The highest BCUT2D eigenvalue weighted by atomic mass is 79.9. The molecule has 2 aromatic rings. The van der Waals surface area contributed by atoms with E-state index in [9.17, 15) is 4.79 Å². The summed E-state index contributed by atoms with van der Waals surface area (Å²) in [6, 6.07) is 4.90. The molecule has 7 heteroatoms. The molecule has 0 fully saturated rings. The molecule has 0 aliphatic rings. The zero-order valence-corrected chi connectivity index (χ0v) is 11.4. The fourth-order valence-corrected chi connectivity index (χ4v) is 1.86. The highest BCUT2D eigenvalue weighted by Gasteiger charge is 2.12. The average Bonchev–Trinajstić information content (AvgIpc) is 2.63. The van der Waals surface area contributed by atoms with Gasteiger partial charge in [0.05, 0.1) is 10.7 Å². The van der Waals surface area contributed by atoms with Crippen LogP contribution < -0.4 is 5.32 Å². The number of nitrogens with one attached hydrogen (secondary N) is 2. The number of nitrogens with zero attached hydrogens (tertiary/aromatic N) is 1. The summed E-state index contributed by atoms with van der Waals surface area (Å²) in [5.74, 6) is -0.340. The van der Waals surface area contributed by atoms with Gasteiger partial charge in [0.2, 0.25) is 0 Å². The van der Waals surface area contributed by atoms with Crippen molar-refractivity contribution >= 4 is 50.7 Å². The number of aromatic amines is 1. The van der Waals surface area contributed by atoms with Crippen LogP contribution in [0.15, 0.2) is 29.0 Å². The van der Waals surface area contributed by atoms with Crippen LogP contribution in [0.25, 0.3) is 0 Å². The van der Waals surface area contributed by atoms with Crippen LogP contribution >= 0.6 is 39.1 Å². The molecule has 0 unspecified atom stereocenters. The molecule has 0 spiro atoms. The maximum atomic E-state index is 11.8. The summed E-state index contributed by atoms with van der Waals surface area (Å²) < 4.78 is 0.553. The molecule has 0 aliphatic carbocycles. The highest BCUT2D eigenvalue weighted by molar-refractivity contribution is 9.10. The Hall–Kier alpha value is -1.04. The van der Waals surface area contributed by atoms with E-state index in [0.29, 0.717) is 15.3 Å². The fourth-order valence-electron chi connectivity index (χ4n) is 1.20. The normalized spacial score (nSPS) is 10.3. The number of anilines is 1. The highest BCUT2D eigenvalue weighted by Crippen LogP contribution is 2.23. The third-order valence-electron chi connectivity index (χ3n) is 1.98. The second kappa shape index (κ2) is 5.08. The third kappa shape index (κ3) is 2.80. The third-order valence-corrected chi connectivity index (χ3v) is 3.30. The Bertz CT molecular complexity index is 551. The number of carbonyl (C=O) groups excluding carboxylic acids is 1. The van der Waals surface area contributed by atoms with Crippen molar-refractivity contribution in [2.24, 2.45) is 0 Å². The van der Waals surface area contributed by atoms with Gasteiger partial charge in [0.1, 0.15) is 15.5 Å². The Morgan fingerprint density at radius 1 is 1.47 bits per heavy atom. The molecule has 4 nitrogen and oxygen atoms in total. The molecular formula is C10H6BrCl2N3O. The van der Waals surface area contributed by atoms with Crippen molar-refractivity contribution in [3.05, 3.63) is 44.9 Å². The molecule has 0 saturated heterocycles. The van der Waals surface area contributed by atoms with Crippen LogP contribution in [-0.4, -0.2) is 15.9 Å². The predicted molar refractivity (Wildman–Crippen MR) is 70.7 cm³/mol. The number of rotatable bonds is 2. The summed E-state index contributed by atoms with van der Waals surface area (Å²) in [6.07, 6.45) is 1.61. The molecule has 0 aliphatic heterocycles. The van der Waals surface area contributed by atoms with Crippen molar-refractivity contribution < 1.29 is 4.79 Å². The van der Waals surface area contributed by atoms with Crippen molar-refractivity contribution in [3.63, 3.8) is 0 Å². The Balaban J connectivity index is 2.20. The molecule has 0 radical (unpaired) electrons. The van der Waals surface area contributed by atoms with E-state index in [4.69, 9.17) is 23.2 Å². The maximum absolute atomic E-state index is 11.8. The van der Waals surface area contributed by atoms with E-state index in [-0.39, 0.29) is 16.8 Å². The van der Waals surface area contributed by atoms with Gasteiger partial charge in [-0.2, -0.15) is 0 Å². The largest absolute Gasteiger partial charge is 0.340 e. The first-order chi connectivity index (χ1) is 8.08. The first kappa shape index (κ1) is 12.4. The van der Waals surface area contributed by atoms with Crippen LogP contribution in [0.4, 0.5) is 5.69 Å². The average molecular weight is 335 g/mol. The van der Waals surface area contributed by atoms with Crippen LogP contribution in [0.1, 0.15) is 10.5 Å². The number of pyridine rings is 1. The van der Waals surface area contributed by atoms with Crippen molar-refractivity contribution in [2.75, 3.05) is 5.32 Å². The molecular weight excluding hydrogens is 329 g/mol. The van der Waals surface area contributed by atoms with E-state index in [2.05, 4.69) is 31.2 Å². The van der Waals surface area contributed by atoms with Gasteiger partial charge < -0.3 is 10.3 Å². The minimum Gasteiger partial charge on any atom is -0.340 e. The topological polar surface area (TPSA) is 57.8 Å². The number of carbonyl (C=O) groups is 1. The van der Waals surface area contributed by atoms with Crippen molar-refractivity contribution in [2.45, 2.75) is 0 Å². The monoisotopic (exact) mass is 333 g/mol. The first-order valence-electron chi connectivity index (χ1n) is 4.54. The van der Waals surface area contributed by atoms with Crippen LogP contribution in [0, 0.1) is 0 Å². The first-order valence-corrected chi connectivity index (χ1v) is 6.08. The molecule has 2 rings (SSSR count). The van der Waals surface area contributed by atoms with Crippen LogP contribution in [0.2, 0.25) is 10.2 Å². The van der Waals surface area contributed by atoms with E-state index in [1.165, 1.54) is 6.07 Å². The smallest absolute Gasteiger partial charge is 0.272 e. The Morgan fingerprint density at radius 2 is 2.24 bits per heavy atom. The van der Waals surface area contributed by atoms with E-state index in [1.807, 2.05) is 0 Å². The van der Waals surface area contributed by atoms with E-state index >= 15 is 0 Å².